The quantitative estimate of drug-likeness (QED) is 0.485. The monoisotopic (exact) mass is 520 g/mol. The van der Waals surface area contributed by atoms with Crippen molar-refractivity contribution in [1.82, 2.24) is 9.97 Å². The number of thioether (sulfide) groups is 2. The molecule has 0 unspecified atom stereocenters. The van der Waals surface area contributed by atoms with E-state index in [0.717, 1.165) is 54.2 Å². The molecule has 5 rings (SSSR count). The molecule has 0 atom stereocenters. The van der Waals surface area contributed by atoms with Crippen molar-refractivity contribution in [3.63, 3.8) is 0 Å². The van der Waals surface area contributed by atoms with Gasteiger partial charge in [0, 0.05) is 76.9 Å². The molecule has 3 heterocycles. The molecular weight excluding hydrogens is 492 g/mol. The van der Waals surface area contributed by atoms with Crippen LogP contribution in [0.5, 0.6) is 11.5 Å². The Balaban J connectivity index is 1.41. The van der Waals surface area contributed by atoms with Crippen LogP contribution >= 0.6 is 23.5 Å². The van der Waals surface area contributed by atoms with Crippen LogP contribution in [0, 0.1) is 0 Å². The molecule has 10 heteroatoms. The van der Waals surface area contributed by atoms with Crippen LogP contribution in [-0.2, 0) is 0 Å². The Kier molecular flexibility index (Phi) is 6.17. The molecule has 0 saturated heterocycles. The number of aromatic nitrogens is 2. The Morgan fingerprint density at radius 2 is 1.11 bits per heavy atom. The van der Waals surface area contributed by atoms with Crippen molar-refractivity contribution in [2.24, 2.45) is 0 Å². The maximum absolute atomic E-state index is 10.5. The van der Waals surface area contributed by atoms with Crippen molar-refractivity contribution in [2.75, 3.05) is 61.9 Å². The number of anilines is 4. The summed E-state index contributed by atoms with van der Waals surface area (Å²) in [4.78, 5) is 17.7. The van der Waals surface area contributed by atoms with Crippen LogP contribution in [0.2, 0.25) is 0 Å². The molecule has 186 valence electrons. The van der Waals surface area contributed by atoms with E-state index in [-0.39, 0.29) is 11.5 Å². The third kappa shape index (κ3) is 4.31. The topological polar surface area (TPSA) is 79.2 Å². The van der Waals surface area contributed by atoms with E-state index < -0.39 is 0 Å². The van der Waals surface area contributed by atoms with E-state index in [1.807, 2.05) is 98.3 Å². The summed E-state index contributed by atoms with van der Waals surface area (Å²) in [5.41, 5.74) is 3.37. The van der Waals surface area contributed by atoms with Crippen LogP contribution in [0.3, 0.4) is 0 Å². The summed E-state index contributed by atoms with van der Waals surface area (Å²) in [6.07, 6.45) is 3.91. The highest BCUT2D eigenvalue weighted by Crippen LogP contribution is 2.51. The number of phenolic OH excluding ortho intramolecular Hbond substituents is 2. The lowest BCUT2D eigenvalue weighted by molar-refractivity contribution is 0.473. The first-order valence-electron chi connectivity index (χ1n) is 11.3. The fourth-order valence-electron chi connectivity index (χ4n) is 3.89. The highest BCUT2D eigenvalue weighted by molar-refractivity contribution is 8.04. The van der Waals surface area contributed by atoms with Gasteiger partial charge < -0.3 is 29.8 Å². The lowest BCUT2D eigenvalue weighted by atomic mass is 10.1. The van der Waals surface area contributed by atoms with Gasteiger partial charge in [-0.25, -0.2) is 9.97 Å². The zero-order chi connectivity index (χ0) is 25.7. The summed E-state index contributed by atoms with van der Waals surface area (Å²) in [7, 11) is 11.7. The predicted molar refractivity (Wildman–Crippen MR) is 151 cm³/mol. The highest BCUT2D eigenvalue weighted by atomic mass is 32.2. The Morgan fingerprint density at radius 1 is 0.694 bits per heavy atom. The molecule has 0 saturated carbocycles. The lowest BCUT2D eigenvalue weighted by Crippen LogP contribution is -2.15. The normalized spacial score (nSPS) is 16.6. The second-order valence-corrected chi connectivity index (χ2v) is 11.1. The molecule has 2 N–H and O–H groups in total. The van der Waals surface area contributed by atoms with E-state index in [9.17, 15) is 10.2 Å². The van der Waals surface area contributed by atoms with Gasteiger partial charge in [0.2, 0.25) is 0 Å². The van der Waals surface area contributed by atoms with Gasteiger partial charge in [-0.1, -0.05) is 0 Å². The second-order valence-electron chi connectivity index (χ2n) is 9.04. The average Bonchev–Trinajstić information content (AvgIpc) is 3.30. The first-order chi connectivity index (χ1) is 17.1. The largest absolute Gasteiger partial charge is 0.507 e. The number of nitrogens with zero attached hydrogens (tertiary/aromatic N) is 6. The zero-order valence-electron chi connectivity index (χ0n) is 21.0. The molecule has 0 radical (unpaired) electrons. The van der Waals surface area contributed by atoms with Crippen molar-refractivity contribution in [1.29, 1.82) is 0 Å². The van der Waals surface area contributed by atoms with Gasteiger partial charge >= 0.3 is 0 Å². The first-order valence-corrected chi connectivity index (χ1v) is 12.9. The molecule has 2 aliphatic rings. The molecule has 0 fully saturated rings. The van der Waals surface area contributed by atoms with Crippen molar-refractivity contribution in [3.05, 3.63) is 57.6 Å². The van der Waals surface area contributed by atoms with Crippen molar-refractivity contribution < 1.29 is 10.2 Å². The van der Waals surface area contributed by atoms with Crippen LogP contribution < -0.4 is 19.6 Å². The highest BCUT2D eigenvalue weighted by Gasteiger charge is 2.33. The summed E-state index contributed by atoms with van der Waals surface area (Å²) < 4.78 is 0. The Bertz CT molecular complexity index is 1320. The second kappa shape index (κ2) is 9.18. The van der Waals surface area contributed by atoms with E-state index >= 15 is 0 Å². The number of fused-ring (bicyclic) bond motifs is 2. The van der Waals surface area contributed by atoms with Crippen LogP contribution in [0.1, 0.15) is 11.1 Å². The fraction of sp³-hybridized carbons (Fsp3) is 0.231. The molecule has 36 heavy (non-hydrogen) atoms. The van der Waals surface area contributed by atoms with Crippen LogP contribution in [0.4, 0.5) is 23.0 Å². The third-order valence-electron chi connectivity index (χ3n) is 6.12. The number of benzene rings is 2. The van der Waals surface area contributed by atoms with Crippen LogP contribution in [-0.4, -0.2) is 62.5 Å². The number of phenols is 2. The Morgan fingerprint density at radius 3 is 1.47 bits per heavy atom. The van der Waals surface area contributed by atoms with Crippen molar-refractivity contribution >= 4 is 58.7 Å². The third-order valence-corrected chi connectivity index (χ3v) is 8.25. The molecule has 3 aromatic rings. The summed E-state index contributed by atoms with van der Waals surface area (Å²) in [5.74, 6) is 2.02. The van der Waals surface area contributed by atoms with Gasteiger partial charge in [0.05, 0.1) is 10.1 Å². The summed E-state index contributed by atoms with van der Waals surface area (Å²) in [6, 6.07) is 11.3. The number of aromatic hydroxyl groups is 2. The molecule has 0 aliphatic carbocycles. The minimum Gasteiger partial charge on any atom is -0.507 e. The summed E-state index contributed by atoms with van der Waals surface area (Å²) >= 11 is 3.07. The predicted octanol–water partition coefficient (Wildman–Crippen LogP) is 5.10. The van der Waals surface area contributed by atoms with Crippen molar-refractivity contribution in [2.45, 2.75) is 10.1 Å². The van der Waals surface area contributed by atoms with E-state index in [1.54, 1.807) is 12.1 Å². The molecule has 1 aromatic heterocycles. The van der Waals surface area contributed by atoms with Gasteiger partial charge in [-0.2, -0.15) is 0 Å². The van der Waals surface area contributed by atoms with E-state index in [0.29, 0.717) is 0 Å². The number of hydrogen-bond acceptors (Lipinski definition) is 10. The minimum absolute atomic E-state index is 0.231. The zero-order valence-corrected chi connectivity index (χ0v) is 22.6. The molecule has 2 aliphatic heterocycles. The van der Waals surface area contributed by atoms with Crippen molar-refractivity contribution in [3.8, 4) is 11.5 Å². The maximum Gasteiger partial charge on any atom is 0.168 e. The van der Waals surface area contributed by atoms with Gasteiger partial charge in [0.15, 0.2) is 11.6 Å². The summed E-state index contributed by atoms with van der Waals surface area (Å²) in [6.45, 7) is 0. The van der Waals surface area contributed by atoms with Gasteiger partial charge in [-0.3, -0.25) is 0 Å². The van der Waals surface area contributed by atoms with Gasteiger partial charge in [-0.15, -0.1) is 0 Å². The van der Waals surface area contributed by atoms with Crippen LogP contribution in [0.15, 0.2) is 56.5 Å². The molecule has 0 spiro atoms. The number of rotatable bonds is 4. The van der Waals surface area contributed by atoms with Gasteiger partial charge in [0.1, 0.15) is 21.6 Å². The summed E-state index contributed by atoms with van der Waals surface area (Å²) in [5, 5.41) is 24.6. The SMILES string of the molecule is CN(C)c1ccc(C=C2Sc3nc4c(nc3N2C)N(C)C(=Cc2ccc(N(C)C)cc2O)S4)c(O)c1. The molecule has 8 nitrogen and oxygen atoms in total. The Hall–Kier alpha value is -3.50. The van der Waals surface area contributed by atoms with Crippen LogP contribution in [0.25, 0.3) is 12.2 Å². The Labute approximate surface area is 219 Å². The lowest BCUT2D eigenvalue weighted by Gasteiger charge is -2.16. The molecule has 2 aromatic carbocycles. The van der Waals surface area contributed by atoms with E-state index in [1.165, 1.54) is 23.5 Å². The fourth-order valence-corrected chi connectivity index (χ4v) is 5.98. The van der Waals surface area contributed by atoms with E-state index in [2.05, 4.69) is 0 Å². The first kappa shape index (κ1) is 24.2. The number of hydrogen-bond donors (Lipinski definition) is 2. The average molecular weight is 521 g/mol. The smallest absolute Gasteiger partial charge is 0.168 e. The molecule has 0 amide bonds. The standard InChI is InChI=1S/C26H28N6O2S2/c1-29(2)17-9-7-15(19(33)13-17)11-21-31(5)23-25(35-21)28-26-24(27-23)32(6)22(36-26)12-16-8-10-18(30(3)4)14-20(16)34/h7-14,33-34H,1-6H3. The van der Waals surface area contributed by atoms with Gasteiger partial charge in [0.25, 0.3) is 0 Å². The van der Waals surface area contributed by atoms with E-state index in [4.69, 9.17) is 9.97 Å². The maximum atomic E-state index is 10.5. The minimum atomic E-state index is 0.231. The molecule has 0 bridgehead atoms. The van der Waals surface area contributed by atoms with Gasteiger partial charge in [-0.05, 0) is 59.9 Å². The molecular formula is C26H28N6O2S2.